The first-order valence-corrected chi connectivity index (χ1v) is 8.73. The molecule has 0 bridgehead atoms. The van der Waals surface area contributed by atoms with Gasteiger partial charge in [0.1, 0.15) is 0 Å². The predicted octanol–water partition coefficient (Wildman–Crippen LogP) is 4.95. The largest absolute Gasteiger partial charge is 0.490 e. The van der Waals surface area contributed by atoms with Crippen LogP contribution in [0.15, 0.2) is 41.5 Å². The third kappa shape index (κ3) is 5.82. The van der Waals surface area contributed by atoms with Crippen LogP contribution in [0.4, 0.5) is 10.5 Å². The van der Waals surface area contributed by atoms with Gasteiger partial charge in [-0.2, -0.15) is 5.10 Å². The van der Waals surface area contributed by atoms with Gasteiger partial charge in [0.15, 0.2) is 11.5 Å². The Kier molecular flexibility index (Phi) is 7.56. The smallest absolute Gasteiger partial charge is 0.339 e. The monoisotopic (exact) mass is 395 g/mol. The van der Waals surface area contributed by atoms with Crippen LogP contribution in [0.5, 0.6) is 11.5 Å². The van der Waals surface area contributed by atoms with Crippen molar-refractivity contribution in [3.63, 3.8) is 0 Å². The van der Waals surface area contributed by atoms with E-state index in [1.807, 2.05) is 13.8 Å². The highest BCUT2D eigenvalue weighted by Gasteiger charge is 2.11. The van der Waals surface area contributed by atoms with Crippen molar-refractivity contribution in [1.29, 1.82) is 0 Å². The maximum absolute atomic E-state index is 11.8. The second-order valence-electron chi connectivity index (χ2n) is 5.03. The van der Waals surface area contributed by atoms with Crippen LogP contribution in [0, 0.1) is 0 Å². The Morgan fingerprint density at radius 3 is 2.62 bits per heavy atom. The zero-order valence-electron chi connectivity index (χ0n) is 14.4. The molecule has 0 aliphatic rings. The lowest BCUT2D eigenvalue weighted by molar-refractivity contribution is 0.252. The number of carbonyl (C=O) groups is 1. The molecule has 0 aliphatic heterocycles. The molecule has 8 heteroatoms. The second-order valence-corrected chi connectivity index (χ2v) is 5.87. The first-order chi connectivity index (χ1) is 12.5. The molecule has 138 valence electrons. The number of hydrogen-bond acceptors (Lipinski definition) is 4. The van der Waals surface area contributed by atoms with E-state index < -0.39 is 6.03 Å². The molecule has 0 aromatic heterocycles. The fourth-order valence-corrected chi connectivity index (χ4v) is 2.56. The first-order valence-electron chi connectivity index (χ1n) is 7.98. The second kappa shape index (κ2) is 9.89. The molecule has 2 aromatic carbocycles. The summed E-state index contributed by atoms with van der Waals surface area (Å²) >= 11 is 12.1. The fraction of sp³-hybridized carbons (Fsp3) is 0.222. The Hall–Kier alpha value is -2.44. The van der Waals surface area contributed by atoms with Gasteiger partial charge in [0, 0.05) is 10.7 Å². The summed E-state index contributed by atoms with van der Waals surface area (Å²) < 4.78 is 11.0. The van der Waals surface area contributed by atoms with E-state index in [1.54, 1.807) is 36.4 Å². The molecule has 0 aliphatic carbocycles. The van der Waals surface area contributed by atoms with Crippen LogP contribution in [0.3, 0.4) is 0 Å². The van der Waals surface area contributed by atoms with E-state index in [1.165, 1.54) is 6.21 Å². The fourth-order valence-electron chi connectivity index (χ4n) is 2.10. The van der Waals surface area contributed by atoms with Crippen molar-refractivity contribution in [3.8, 4) is 11.5 Å². The molecular weight excluding hydrogens is 377 g/mol. The number of nitrogens with zero attached hydrogens (tertiary/aromatic N) is 1. The van der Waals surface area contributed by atoms with E-state index in [0.717, 1.165) is 0 Å². The highest BCUT2D eigenvalue weighted by atomic mass is 35.5. The van der Waals surface area contributed by atoms with Crippen molar-refractivity contribution < 1.29 is 14.3 Å². The number of halogens is 2. The van der Waals surface area contributed by atoms with Gasteiger partial charge in [0.05, 0.1) is 24.5 Å². The van der Waals surface area contributed by atoms with Crippen molar-refractivity contribution in [2.24, 2.45) is 5.10 Å². The number of hydrogen-bond donors (Lipinski definition) is 2. The number of urea groups is 1. The maximum atomic E-state index is 11.8. The van der Waals surface area contributed by atoms with Crippen LogP contribution >= 0.6 is 23.2 Å². The van der Waals surface area contributed by atoms with Crippen LogP contribution in [0.1, 0.15) is 19.4 Å². The quantitative estimate of drug-likeness (QED) is 0.514. The topological polar surface area (TPSA) is 72.0 Å². The predicted molar refractivity (Wildman–Crippen MR) is 105 cm³/mol. The molecule has 0 saturated heterocycles. The Morgan fingerprint density at radius 1 is 1.15 bits per heavy atom. The minimum Gasteiger partial charge on any atom is -0.490 e. The number of nitrogens with one attached hydrogen (secondary N) is 2. The summed E-state index contributed by atoms with van der Waals surface area (Å²) in [5.74, 6) is 1.01. The normalized spacial score (nSPS) is 10.6. The summed E-state index contributed by atoms with van der Waals surface area (Å²) in [6.45, 7) is 4.67. The highest BCUT2D eigenvalue weighted by Crippen LogP contribution is 2.36. The molecule has 2 amide bonds. The summed E-state index contributed by atoms with van der Waals surface area (Å²) in [6.07, 6.45) is 1.46. The lowest BCUT2D eigenvalue weighted by atomic mass is 10.2. The van der Waals surface area contributed by atoms with Gasteiger partial charge >= 0.3 is 6.03 Å². The summed E-state index contributed by atoms with van der Waals surface area (Å²) in [4.78, 5) is 11.8. The zero-order chi connectivity index (χ0) is 18.9. The van der Waals surface area contributed by atoms with Crippen LogP contribution in [0.2, 0.25) is 10.0 Å². The third-order valence-electron chi connectivity index (χ3n) is 3.08. The van der Waals surface area contributed by atoms with E-state index in [0.29, 0.717) is 46.0 Å². The summed E-state index contributed by atoms with van der Waals surface area (Å²) in [6, 6.07) is 9.72. The molecular formula is C18H19Cl2N3O3. The number of rotatable bonds is 7. The molecule has 0 heterocycles. The number of amides is 2. The van der Waals surface area contributed by atoms with Gasteiger partial charge in [-0.3, -0.25) is 0 Å². The lowest BCUT2D eigenvalue weighted by Gasteiger charge is -2.13. The molecule has 2 aromatic rings. The van der Waals surface area contributed by atoms with E-state index in [2.05, 4.69) is 15.8 Å². The summed E-state index contributed by atoms with van der Waals surface area (Å²) in [7, 11) is 0. The van der Waals surface area contributed by atoms with Crippen molar-refractivity contribution in [2.75, 3.05) is 18.5 Å². The Labute approximate surface area is 162 Å². The molecule has 26 heavy (non-hydrogen) atoms. The highest BCUT2D eigenvalue weighted by molar-refractivity contribution is 6.32. The van der Waals surface area contributed by atoms with Crippen LogP contribution < -0.4 is 20.2 Å². The van der Waals surface area contributed by atoms with Gasteiger partial charge in [0.25, 0.3) is 0 Å². The zero-order valence-corrected chi connectivity index (χ0v) is 15.9. The molecule has 0 fully saturated rings. The number of hydrazone groups is 1. The van der Waals surface area contributed by atoms with Crippen LogP contribution in [0.25, 0.3) is 0 Å². The molecule has 2 rings (SSSR count). The van der Waals surface area contributed by atoms with Crippen LogP contribution in [-0.4, -0.2) is 25.5 Å². The van der Waals surface area contributed by atoms with Crippen molar-refractivity contribution in [2.45, 2.75) is 13.8 Å². The molecule has 2 N–H and O–H groups in total. The average Bonchev–Trinajstić information content (AvgIpc) is 2.58. The Balaban J connectivity index is 2.04. The van der Waals surface area contributed by atoms with E-state index in [4.69, 9.17) is 32.7 Å². The molecule has 0 atom stereocenters. The van der Waals surface area contributed by atoms with E-state index in [-0.39, 0.29) is 0 Å². The SMILES string of the molecule is CCOc1cc(/C=N\NC(=O)Nc2cccc(Cl)c2)cc(Cl)c1OCC. The standard InChI is InChI=1S/C18H19Cl2N3O3/c1-3-25-16-9-12(8-15(20)17(16)26-4-2)11-21-23-18(24)22-14-7-5-6-13(19)10-14/h5-11H,3-4H2,1-2H3,(H2,22,23,24)/b21-11-. The third-order valence-corrected chi connectivity index (χ3v) is 3.60. The number of anilines is 1. The minimum atomic E-state index is -0.495. The minimum absolute atomic E-state index is 0.405. The molecule has 0 saturated carbocycles. The summed E-state index contributed by atoms with van der Waals surface area (Å²) in [5.41, 5.74) is 3.59. The number of benzene rings is 2. The van der Waals surface area contributed by atoms with Crippen molar-refractivity contribution >= 4 is 41.1 Å². The first kappa shape index (κ1) is 19.9. The molecule has 0 unspecified atom stereocenters. The summed E-state index contributed by atoms with van der Waals surface area (Å²) in [5, 5.41) is 7.45. The average molecular weight is 396 g/mol. The molecule has 6 nitrogen and oxygen atoms in total. The Morgan fingerprint density at radius 2 is 1.92 bits per heavy atom. The number of carbonyl (C=O) groups excluding carboxylic acids is 1. The van der Waals surface area contributed by atoms with Crippen molar-refractivity contribution in [1.82, 2.24) is 5.43 Å². The van der Waals surface area contributed by atoms with Crippen molar-refractivity contribution in [3.05, 3.63) is 52.0 Å². The lowest BCUT2D eigenvalue weighted by Crippen LogP contribution is -2.24. The van der Waals surface area contributed by atoms with Gasteiger partial charge in [-0.1, -0.05) is 29.3 Å². The van der Waals surface area contributed by atoms with Gasteiger partial charge in [-0.05, 0) is 49.7 Å². The van der Waals surface area contributed by atoms with Crippen LogP contribution in [-0.2, 0) is 0 Å². The van der Waals surface area contributed by atoms with Gasteiger partial charge in [-0.25, -0.2) is 10.2 Å². The Bertz CT molecular complexity index is 797. The van der Waals surface area contributed by atoms with Gasteiger partial charge in [0.2, 0.25) is 0 Å². The number of ether oxygens (including phenoxy) is 2. The van der Waals surface area contributed by atoms with E-state index >= 15 is 0 Å². The molecule has 0 radical (unpaired) electrons. The van der Waals surface area contributed by atoms with Gasteiger partial charge < -0.3 is 14.8 Å². The molecule has 0 spiro atoms. The van der Waals surface area contributed by atoms with E-state index in [9.17, 15) is 4.79 Å². The van der Waals surface area contributed by atoms with Gasteiger partial charge in [-0.15, -0.1) is 0 Å². The maximum Gasteiger partial charge on any atom is 0.339 e.